The van der Waals surface area contributed by atoms with Crippen LogP contribution in [-0.2, 0) is 16.6 Å². The lowest BCUT2D eigenvalue weighted by Gasteiger charge is -2.16. The molecule has 1 heterocycles. The summed E-state index contributed by atoms with van der Waals surface area (Å²) in [5.41, 5.74) is 0. The van der Waals surface area contributed by atoms with Gasteiger partial charge in [0.1, 0.15) is 0 Å². The van der Waals surface area contributed by atoms with Crippen molar-refractivity contribution in [3.63, 3.8) is 0 Å². The van der Waals surface area contributed by atoms with Crippen molar-refractivity contribution < 1.29 is 8.42 Å². The molecule has 102 valence electrons. The van der Waals surface area contributed by atoms with Crippen molar-refractivity contribution >= 4 is 48.9 Å². The average molecular weight is 381 g/mol. The van der Waals surface area contributed by atoms with Crippen molar-refractivity contribution in [2.24, 2.45) is 0 Å². The van der Waals surface area contributed by atoms with Gasteiger partial charge in [0, 0.05) is 22.9 Å². The zero-order chi connectivity index (χ0) is 14.0. The van der Waals surface area contributed by atoms with Crippen LogP contribution in [0.2, 0.25) is 4.34 Å². The summed E-state index contributed by atoms with van der Waals surface area (Å²) in [6.07, 6.45) is 0. The molecule has 0 bridgehead atoms. The zero-order valence-electron chi connectivity index (χ0n) is 10.0. The van der Waals surface area contributed by atoms with Crippen LogP contribution in [0.15, 0.2) is 45.8 Å². The summed E-state index contributed by atoms with van der Waals surface area (Å²) in [7, 11) is -1.92. The molecule has 7 heteroatoms. The molecular weight excluding hydrogens is 370 g/mol. The van der Waals surface area contributed by atoms with E-state index < -0.39 is 10.0 Å². The second-order valence-corrected chi connectivity index (χ2v) is 8.68. The summed E-state index contributed by atoms with van der Waals surface area (Å²) in [4.78, 5) is 1.18. The first-order chi connectivity index (χ1) is 8.89. The van der Waals surface area contributed by atoms with Crippen molar-refractivity contribution in [1.82, 2.24) is 4.31 Å². The first kappa shape index (κ1) is 15.0. The van der Waals surface area contributed by atoms with Gasteiger partial charge in [-0.25, -0.2) is 8.42 Å². The van der Waals surface area contributed by atoms with Crippen LogP contribution in [0, 0.1) is 0 Å². The van der Waals surface area contributed by atoms with E-state index in [1.165, 1.54) is 15.6 Å². The Balaban J connectivity index is 2.24. The van der Waals surface area contributed by atoms with Crippen molar-refractivity contribution in [2.75, 3.05) is 7.05 Å². The van der Waals surface area contributed by atoms with Gasteiger partial charge >= 0.3 is 0 Å². The molecule has 1 aromatic carbocycles. The zero-order valence-corrected chi connectivity index (χ0v) is 14.0. The van der Waals surface area contributed by atoms with Crippen molar-refractivity contribution in [3.8, 4) is 0 Å². The molecule has 0 saturated carbocycles. The maximum Gasteiger partial charge on any atom is 0.243 e. The molecule has 0 unspecified atom stereocenters. The molecule has 0 atom stereocenters. The molecule has 0 aliphatic rings. The van der Waals surface area contributed by atoms with Gasteiger partial charge in [0.2, 0.25) is 10.0 Å². The van der Waals surface area contributed by atoms with Crippen molar-refractivity contribution in [1.29, 1.82) is 0 Å². The van der Waals surface area contributed by atoms with E-state index in [0.717, 1.165) is 9.35 Å². The molecule has 0 saturated heterocycles. The Morgan fingerprint density at radius 3 is 2.63 bits per heavy atom. The van der Waals surface area contributed by atoms with E-state index in [0.29, 0.717) is 10.9 Å². The number of hydrogen-bond donors (Lipinski definition) is 0. The van der Waals surface area contributed by atoms with Crippen LogP contribution in [0.3, 0.4) is 0 Å². The van der Waals surface area contributed by atoms with E-state index in [-0.39, 0.29) is 4.90 Å². The molecule has 2 rings (SSSR count). The third kappa shape index (κ3) is 3.58. The van der Waals surface area contributed by atoms with Crippen LogP contribution >= 0.6 is 38.9 Å². The van der Waals surface area contributed by atoms with Gasteiger partial charge in [-0.3, -0.25) is 0 Å². The first-order valence-corrected chi connectivity index (χ1v) is 8.78. The van der Waals surface area contributed by atoms with Crippen molar-refractivity contribution in [2.45, 2.75) is 11.4 Å². The Bertz CT molecular complexity index is 685. The highest BCUT2D eigenvalue weighted by molar-refractivity contribution is 9.10. The van der Waals surface area contributed by atoms with Gasteiger partial charge in [-0.1, -0.05) is 33.6 Å². The summed E-state index contributed by atoms with van der Waals surface area (Å²) in [6, 6.07) is 10.3. The number of thiophene rings is 1. The summed E-state index contributed by atoms with van der Waals surface area (Å²) in [6.45, 7) is 0.312. The highest BCUT2D eigenvalue weighted by Gasteiger charge is 2.21. The third-order valence-corrected chi connectivity index (χ3v) is 6.02. The molecule has 0 N–H and O–H groups in total. The van der Waals surface area contributed by atoms with Crippen LogP contribution in [0.5, 0.6) is 0 Å². The predicted molar refractivity (Wildman–Crippen MR) is 82.1 cm³/mol. The third-order valence-electron chi connectivity index (χ3n) is 2.51. The van der Waals surface area contributed by atoms with Crippen molar-refractivity contribution in [3.05, 3.63) is 50.1 Å². The lowest BCUT2D eigenvalue weighted by atomic mass is 10.4. The van der Waals surface area contributed by atoms with E-state index in [1.807, 2.05) is 6.07 Å². The van der Waals surface area contributed by atoms with Crippen LogP contribution in [0.1, 0.15) is 4.88 Å². The summed E-state index contributed by atoms with van der Waals surface area (Å²) in [5.74, 6) is 0. The second kappa shape index (κ2) is 5.93. The normalized spacial score (nSPS) is 12.0. The summed E-state index contributed by atoms with van der Waals surface area (Å²) in [5, 5.41) is 0. The molecule has 19 heavy (non-hydrogen) atoms. The van der Waals surface area contributed by atoms with Gasteiger partial charge in [0.25, 0.3) is 0 Å². The van der Waals surface area contributed by atoms with Gasteiger partial charge in [-0.15, -0.1) is 11.3 Å². The minimum absolute atomic E-state index is 0.270. The largest absolute Gasteiger partial charge is 0.243 e. The van der Waals surface area contributed by atoms with Gasteiger partial charge < -0.3 is 0 Å². The minimum atomic E-state index is -3.48. The molecule has 0 aliphatic carbocycles. The minimum Gasteiger partial charge on any atom is -0.207 e. The smallest absolute Gasteiger partial charge is 0.207 e. The van der Waals surface area contributed by atoms with Crippen LogP contribution in [0.25, 0.3) is 0 Å². The second-order valence-electron chi connectivity index (χ2n) is 3.92. The van der Waals surface area contributed by atoms with E-state index in [4.69, 9.17) is 11.6 Å². The predicted octanol–water partition coefficient (Wildman–Crippen LogP) is 3.98. The molecule has 2 aromatic rings. The fourth-order valence-electron chi connectivity index (χ4n) is 1.55. The Hall–Kier alpha value is -0.400. The number of halogens is 2. The number of nitrogens with zero attached hydrogens (tertiary/aromatic N) is 1. The Labute approximate surface area is 130 Å². The van der Waals surface area contributed by atoms with Gasteiger partial charge in [-0.2, -0.15) is 4.31 Å². The maximum atomic E-state index is 12.4. The standard InChI is InChI=1S/C12H11BrClNO2S2/c1-15(8-10-5-6-12(14)18-10)19(16,17)11-4-2-3-9(13)7-11/h2-7H,8H2,1H3. The van der Waals surface area contributed by atoms with E-state index in [1.54, 1.807) is 37.4 Å². The topological polar surface area (TPSA) is 37.4 Å². The fraction of sp³-hybridized carbons (Fsp3) is 0.167. The number of sulfonamides is 1. The van der Waals surface area contributed by atoms with Crippen LogP contribution in [-0.4, -0.2) is 19.8 Å². The molecule has 3 nitrogen and oxygen atoms in total. The first-order valence-electron chi connectivity index (χ1n) is 5.36. The Morgan fingerprint density at radius 2 is 2.05 bits per heavy atom. The number of rotatable bonds is 4. The molecule has 0 radical (unpaired) electrons. The highest BCUT2D eigenvalue weighted by atomic mass is 79.9. The highest BCUT2D eigenvalue weighted by Crippen LogP contribution is 2.25. The van der Waals surface area contributed by atoms with E-state index in [9.17, 15) is 8.42 Å². The maximum absolute atomic E-state index is 12.4. The molecule has 0 fully saturated rings. The van der Waals surface area contributed by atoms with Crippen LogP contribution < -0.4 is 0 Å². The monoisotopic (exact) mass is 379 g/mol. The van der Waals surface area contributed by atoms with Gasteiger partial charge in [-0.05, 0) is 30.3 Å². The Kier molecular flexibility index (Phi) is 4.68. The SMILES string of the molecule is CN(Cc1ccc(Cl)s1)S(=O)(=O)c1cccc(Br)c1. The molecule has 0 amide bonds. The summed E-state index contributed by atoms with van der Waals surface area (Å²) >= 11 is 10.5. The van der Waals surface area contributed by atoms with Crippen LogP contribution in [0.4, 0.5) is 0 Å². The lowest BCUT2D eigenvalue weighted by Crippen LogP contribution is -2.26. The van der Waals surface area contributed by atoms with Gasteiger partial charge in [0.15, 0.2) is 0 Å². The molecule has 0 aliphatic heterocycles. The van der Waals surface area contributed by atoms with Gasteiger partial charge in [0.05, 0.1) is 9.23 Å². The molecular formula is C12H11BrClNO2S2. The quantitative estimate of drug-likeness (QED) is 0.804. The number of hydrogen-bond acceptors (Lipinski definition) is 3. The average Bonchev–Trinajstić information content (AvgIpc) is 2.74. The summed E-state index contributed by atoms with van der Waals surface area (Å²) < 4.78 is 27.5. The molecule has 0 spiro atoms. The Morgan fingerprint density at radius 1 is 1.32 bits per heavy atom. The molecule has 1 aromatic heterocycles. The van der Waals surface area contributed by atoms with E-state index >= 15 is 0 Å². The number of benzene rings is 1. The lowest BCUT2D eigenvalue weighted by molar-refractivity contribution is 0.469. The fourth-order valence-corrected chi connectivity index (χ4v) is 4.52. The van der Waals surface area contributed by atoms with E-state index in [2.05, 4.69) is 15.9 Å².